The molecule has 0 saturated heterocycles. The van der Waals surface area contributed by atoms with E-state index in [1.165, 1.54) is 37.8 Å². The van der Waals surface area contributed by atoms with E-state index in [1.807, 2.05) is 4.72 Å². The molecule has 30 heavy (non-hydrogen) atoms. The highest BCUT2D eigenvalue weighted by Crippen LogP contribution is 2.38. The second-order valence-electron chi connectivity index (χ2n) is 5.51. The van der Waals surface area contributed by atoms with Crippen molar-refractivity contribution in [3.8, 4) is 17.2 Å². The maximum absolute atomic E-state index is 12.6. The summed E-state index contributed by atoms with van der Waals surface area (Å²) in [4.78, 5) is 34.7. The third-order valence-corrected chi connectivity index (χ3v) is 6.00. The summed E-state index contributed by atoms with van der Waals surface area (Å²) in [6.07, 6.45) is 0. The van der Waals surface area contributed by atoms with Crippen LogP contribution in [0.15, 0.2) is 28.5 Å². The lowest BCUT2D eigenvalue weighted by Crippen LogP contribution is -2.31. The number of sulfonamides is 1. The Labute approximate surface area is 175 Å². The molecule has 0 saturated carbocycles. The number of hydrogen-bond acceptors (Lipinski definition) is 10. The van der Waals surface area contributed by atoms with Gasteiger partial charge in [-0.15, -0.1) is 11.3 Å². The van der Waals surface area contributed by atoms with Crippen LogP contribution in [0, 0.1) is 0 Å². The van der Waals surface area contributed by atoms with Crippen LogP contribution in [0.4, 0.5) is 0 Å². The van der Waals surface area contributed by atoms with Crippen LogP contribution in [-0.4, -0.2) is 54.1 Å². The molecule has 0 aliphatic rings. The zero-order valence-corrected chi connectivity index (χ0v) is 17.7. The molecule has 2 aromatic rings. The molecule has 0 bridgehead atoms. The fourth-order valence-corrected chi connectivity index (χ4v) is 4.59. The Kier molecular flexibility index (Phi) is 7.24. The molecule has 1 aromatic carbocycles. The number of rotatable bonds is 9. The molecular formula is C17H18N2O9S2. The van der Waals surface area contributed by atoms with Crippen molar-refractivity contribution in [2.24, 2.45) is 5.73 Å². The van der Waals surface area contributed by atoms with E-state index in [1.54, 1.807) is 0 Å². The Morgan fingerprint density at radius 2 is 1.70 bits per heavy atom. The van der Waals surface area contributed by atoms with Gasteiger partial charge in [-0.3, -0.25) is 9.59 Å². The molecule has 11 nitrogen and oxygen atoms in total. The minimum Gasteiger partial charge on any atom is -0.493 e. The van der Waals surface area contributed by atoms with Gasteiger partial charge in [-0.2, -0.15) is 0 Å². The number of thiophene rings is 1. The molecule has 0 aliphatic heterocycles. The zero-order chi connectivity index (χ0) is 22.5. The molecule has 13 heteroatoms. The van der Waals surface area contributed by atoms with Crippen molar-refractivity contribution in [2.75, 3.05) is 27.9 Å². The van der Waals surface area contributed by atoms with Crippen LogP contribution in [0.25, 0.3) is 0 Å². The second-order valence-corrected chi connectivity index (χ2v) is 8.07. The van der Waals surface area contributed by atoms with Gasteiger partial charge in [-0.1, -0.05) is 0 Å². The molecule has 0 unspecified atom stereocenters. The monoisotopic (exact) mass is 458 g/mol. The lowest BCUT2D eigenvalue weighted by molar-refractivity contribution is -0.120. The van der Waals surface area contributed by atoms with Gasteiger partial charge in [0.05, 0.1) is 21.3 Å². The van der Waals surface area contributed by atoms with E-state index in [2.05, 4.69) is 4.74 Å². The number of nitrogens with one attached hydrogen (secondary N) is 1. The lowest BCUT2D eigenvalue weighted by atomic mass is 10.1. The van der Waals surface area contributed by atoms with E-state index in [4.69, 9.17) is 19.9 Å². The van der Waals surface area contributed by atoms with E-state index < -0.39 is 39.3 Å². The van der Waals surface area contributed by atoms with Crippen molar-refractivity contribution in [3.05, 3.63) is 34.0 Å². The van der Waals surface area contributed by atoms with Crippen LogP contribution in [0.5, 0.6) is 17.2 Å². The summed E-state index contributed by atoms with van der Waals surface area (Å²) in [5.74, 6) is -2.60. The Morgan fingerprint density at radius 3 is 2.20 bits per heavy atom. The number of benzene rings is 1. The summed E-state index contributed by atoms with van der Waals surface area (Å²) in [6.45, 7) is -0.471. The largest absolute Gasteiger partial charge is 0.493 e. The Morgan fingerprint density at radius 1 is 1.10 bits per heavy atom. The molecule has 0 fully saturated rings. The number of carbonyl (C=O) groups is 3. The number of primary amides is 1. The highest BCUT2D eigenvalue weighted by Gasteiger charge is 2.28. The van der Waals surface area contributed by atoms with Gasteiger partial charge in [0.25, 0.3) is 21.8 Å². The number of hydrogen-bond donors (Lipinski definition) is 2. The molecule has 0 spiro atoms. The molecule has 1 aromatic heterocycles. The topological polar surface area (TPSA) is 160 Å². The Bertz CT molecular complexity index is 1050. The molecular weight excluding hydrogens is 440 g/mol. The maximum atomic E-state index is 12.6. The molecule has 0 radical (unpaired) electrons. The standard InChI is InChI=1S/C17H18N2O9S2/c1-25-10-6-9(7-11(26-2)14(10)28-8-13(18)20)16(21)19-30(23,24)12-4-5-29-15(12)17(22)27-3/h4-7H,8H2,1-3H3,(H2,18,20)(H,19,21). The summed E-state index contributed by atoms with van der Waals surface area (Å²) < 4.78 is 47.1. The molecule has 0 aliphatic carbocycles. The first-order valence-corrected chi connectivity index (χ1v) is 10.4. The van der Waals surface area contributed by atoms with Gasteiger partial charge in [0.15, 0.2) is 18.1 Å². The molecule has 2 amide bonds. The Balaban J connectivity index is 2.38. The molecule has 2 rings (SSSR count). The maximum Gasteiger partial charge on any atom is 0.349 e. The summed E-state index contributed by atoms with van der Waals surface area (Å²) in [7, 11) is -0.724. The van der Waals surface area contributed by atoms with Crippen LogP contribution in [0.3, 0.4) is 0 Å². The highest BCUT2D eigenvalue weighted by atomic mass is 32.2. The first kappa shape index (κ1) is 23.0. The SMILES string of the molecule is COC(=O)c1sccc1S(=O)(=O)NC(=O)c1cc(OC)c(OCC(N)=O)c(OC)c1. The van der Waals surface area contributed by atoms with Gasteiger partial charge in [0.1, 0.15) is 9.77 Å². The van der Waals surface area contributed by atoms with Gasteiger partial charge in [0, 0.05) is 5.56 Å². The average Bonchev–Trinajstić information content (AvgIpc) is 3.21. The zero-order valence-electron chi connectivity index (χ0n) is 16.1. The van der Waals surface area contributed by atoms with Gasteiger partial charge in [-0.05, 0) is 23.6 Å². The fourth-order valence-electron chi connectivity index (χ4n) is 2.28. The number of nitrogens with two attached hydrogens (primary N) is 1. The predicted octanol–water partition coefficient (Wildman–Crippen LogP) is 0.535. The van der Waals surface area contributed by atoms with Crippen LogP contribution in [-0.2, 0) is 19.6 Å². The fraction of sp³-hybridized carbons (Fsp3) is 0.235. The van der Waals surface area contributed by atoms with Crippen LogP contribution < -0.4 is 24.7 Å². The minimum absolute atomic E-state index is 0.00364. The van der Waals surface area contributed by atoms with Crippen molar-refractivity contribution in [1.82, 2.24) is 4.72 Å². The average molecular weight is 458 g/mol. The van der Waals surface area contributed by atoms with Crippen molar-refractivity contribution in [3.63, 3.8) is 0 Å². The summed E-state index contributed by atoms with van der Waals surface area (Å²) in [5, 5.41) is 1.38. The molecule has 1 heterocycles. The molecule has 162 valence electrons. The first-order chi connectivity index (χ1) is 14.1. The lowest BCUT2D eigenvalue weighted by Gasteiger charge is -2.15. The highest BCUT2D eigenvalue weighted by molar-refractivity contribution is 7.90. The Hall–Kier alpha value is -3.32. The summed E-state index contributed by atoms with van der Waals surface area (Å²) in [5.41, 5.74) is 4.91. The summed E-state index contributed by atoms with van der Waals surface area (Å²) in [6, 6.07) is 3.56. The van der Waals surface area contributed by atoms with Crippen LogP contribution in [0.2, 0.25) is 0 Å². The van der Waals surface area contributed by atoms with Gasteiger partial charge < -0.3 is 24.7 Å². The van der Waals surface area contributed by atoms with E-state index >= 15 is 0 Å². The number of amides is 2. The van der Waals surface area contributed by atoms with Gasteiger partial charge in [-0.25, -0.2) is 17.9 Å². The number of methoxy groups -OCH3 is 3. The van der Waals surface area contributed by atoms with Crippen molar-refractivity contribution >= 4 is 39.1 Å². The predicted molar refractivity (Wildman–Crippen MR) is 105 cm³/mol. The third-order valence-electron chi connectivity index (χ3n) is 3.60. The molecule has 3 N–H and O–H groups in total. The number of esters is 1. The van der Waals surface area contributed by atoms with Crippen molar-refractivity contribution < 1.29 is 41.7 Å². The minimum atomic E-state index is -4.38. The van der Waals surface area contributed by atoms with E-state index in [-0.39, 0.29) is 27.7 Å². The van der Waals surface area contributed by atoms with E-state index in [9.17, 15) is 22.8 Å². The third kappa shape index (κ3) is 4.99. The summed E-state index contributed by atoms with van der Waals surface area (Å²) >= 11 is 0.855. The number of carbonyl (C=O) groups excluding carboxylic acids is 3. The van der Waals surface area contributed by atoms with Crippen LogP contribution >= 0.6 is 11.3 Å². The second kappa shape index (κ2) is 9.45. The van der Waals surface area contributed by atoms with Crippen molar-refractivity contribution in [2.45, 2.75) is 4.90 Å². The number of ether oxygens (including phenoxy) is 4. The van der Waals surface area contributed by atoms with Crippen molar-refractivity contribution in [1.29, 1.82) is 0 Å². The van der Waals surface area contributed by atoms with Gasteiger partial charge in [0.2, 0.25) is 5.75 Å². The van der Waals surface area contributed by atoms with E-state index in [0.29, 0.717) is 0 Å². The van der Waals surface area contributed by atoms with Gasteiger partial charge >= 0.3 is 5.97 Å². The van der Waals surface area contributed by atoms with E-state index in [0.717, 1.165) is 18.4 Å². The molecule has 0 atom stereocenters. The normalized spacial score (nSPS) is 10.8. The smallest absolute Gasteiger partial charge is 0.349 e. The first-order valence-electron chi connectivity index (χ1n) is 8.04. The van der Waals surface area contributed by atoms with Crippen LogP contribution in [0.1, 0.15) is 20.0 Å². The quantitative estimate of drug-likeness (QED) is 0.511.